The molecule has 1 saturated carbocycles. The minimum Gasteiger partial charge on any atom is -0.463 e. The van der Waals surface area contributed by atoms with Crippen LogP contribution in [0.15, 0.2) is 21.5 Å². The van der Waals surface area contributed by atoms with Gasteiger partial charge in [-0.05, 0) is 31.6 Å². The molecule has 1 aromatic rings. The highest BCUT2D eigenvalue weighted by Gasteiger charge is 2.28. The zero-order valence-corrected chi connectivity index (χ0v) is 14.6. The van der Waals surface area contributed by atoms with Crippen LogP contribution in [-0.4, -0.2) is 23.5 Å². The number of rotatable bonds is 6. The van der Waals surface area contributed by atoms with E-state index in [1.165, 1.54) is 0 Å². The smallest absolute Gasteiger partial charge is 0.314 e. The highest BCUT2D eigenvalue weighted by molar-refractivity contribution is 5.77. The summed E-state index contributed by atoms with van der Waals surface area (Å²) in [6.45, 7) is 3.95. The Kier molecular flexibility index (Phi) is 6.75. The quantitative estimate of drug-likeness (QED) is 0.755. The summed E-state index contributed by atoms with van der Waals surface area (Å²) in [6, 6.07) is 1.11. The van der Waals surface area contributed by atoms with Gasteiger partial charge in [-0.2, -0.15) is 0 Å². The van der Waals surface area contributed by atoms with Crippen LogP contribution >= 0.6 is 0 Å². The lowest BCUT2D eigenvalue weighted by Gasteiger charge is -2.27. The number of carbonyl (C=O) groups is 2. The van der Waals surface area contributed by atoms with E-state index >= 15 is 0 Å². The Morgan fingerprint density at radius 1 is 1.32 bits per heavy atom. The lowest BCUT2D eigenvalue weighted by atomic mass is 9.82. The van der Waals surface area contributed by atoms with Gasteiger partial charge in [-0.25, -0.2) is 0 Å². The summed E-state index contributed by atoms with van der Waals surface area (Å²) in [4.78, 5) is 35.6. The molecule has 25 heavy (non-hydrogen) atoms. The van der Waals surface area contributed by atoms with Crippen molar-refractivity contribution in [2.75, 3.05) is 6.54 Å². The standard InChI is InChI=1S/C18H25NO6/c1-11(2)17(22)19-8-12-3-5-13(6-4-12)18(23)25-16-10-24-14(9-20)7-15(16)21/h7,10-13,20H,3-6,8-9H2,1-2H3,(H,19,22). The molecule has 1 aliphatic carbocycles. The van der Waals surface area contributed by atoms with Gasteiger partial charge in [0.25, 0.3) is 0 Å². The fraction of sp³-hybridized carbons (Fsp3) is 0.611. The minimum absolute atomic E-state index is 0.0322. The summed E-state index contributed by atoms with van der Waals surface area (Å²) in [5.74, 6) is -0.361. The highest BCUT2D eigenvalue weighted by Crippen LogP contribution is 2.29. The van der Waals surface area contributed by atoms with Crippen LogP contribution < -0.4 is 15.5 Å². The maximum absolute atomic E-state index is 12.2. The van der Waals surface area contributed by atoms with Crippen molar-refractivity contribution in [3.05, 3.63) is 28.3 Å². The number of amides is 1. The molecule has 0 aliphatic heterocycles. The largest absolute Gasteiger partial charge is 0.463 e. The van der Waals surface area contributed by atoms with Crippen LogP contribution in [0.2, 0.25) is 0 Å². The van der Waals surface area contributed by atoms with Gasteiger partial charge in [0.15, 0.2) is 0 Å². The number of carbonyl (C=O) groups excluding carboxylic acids is 2. The molecule has 1 amide bonds. The number of esters is 1. The van der Waals surface area contributed by atoms with E-state index in [1.807, 2.05) is 13.8 Å². The average molecular weight is 351 g/mol. The predicted molar refractivity (Wildman–Crippen MR) is 89.8 cm³/mol. The molecule has 0 radical (unpaired) electrons. The first-order valence-electron chi connectivity index (χ1n) is 8.62. The Bertz CT molecular complexity index is 658. The van der Waals surface area contributed by atoms with Crippen LogP contribution in [0.1, 0.15) is 45.3 Å². The number of aliphatic hydroxyl groups is 1. The Balaban J connectivity index is 1.81. The Morgan fingerprint density at radius 3 is 2.56 bits per heavy atom. The van der Waals surface area contributed by atoms with Crippen LogP contribution in [0, 0.1) is 17.8 Å². The van der Waals surface area contributed by atoms with Gasteiger partial charge >= 0.3 is 5.97 Å². The van der Waals surface area contributed by atoms with Crippen LogP contribution in [0.4, 0.5) is 0 Å². The second-order valence-electron chi connectivity index (χ2n) is 6.77. The van der Waals surface area contributed by atoms with E-state index in [0.717, 1.165) is 25.2 Å². The number of hydrogen-bond donors (Lipinski definition) is 2. The minimum atomic E-state index is -0.492. The lowest BCUT2D eigenvalue weighted by Crippen LogP contribution is -2.35. The van der Waals surface area contributed by atoms with Gasteiger partial charge in [-0.15, -0.1) is 0 Å². The van der Waals surface area contributed by atoms with Gasteiger partial charge in [0.2, 0.25) is 17.1 Å². The van der Waals surface area contributed by atoms with Crippen molar-refractivity contribution in [1.29, 1.82) is 0 Å². The van der Waals surface area contributed by atoms with Gasteiger partial charge in [-0.3, -0.25) is 14.4 Å². The Morgan fingerprint density at radius 2 is 2.00 bits per heavy atom. The maximum atomic E-state index is 12.2. The van der Waals surface area contributed by atoms with Crippen LogP contribution in [0.3, 0.4) is 0 Å². The first-order valence-corrected chi connectivity index (χ1v) is 8.62. The zero-order valence-electron chi connectivity index (χ0n) is 14.6. The van der Waals surface area contributed by atoms with Crippen molar-refractivity contribution in [2.45, 2.75) is 46.1 Å². The molecule has 7 nitrogen and oxygen atoms in total. The first-order chi connectivity index (χ1) is 11.9. The average Bonchev–Trinajstić information content (AvgIpc) is 2.61. The first kappa shape index (κ1) is 19.2. The molecule has 1 fully saturated rings. The molecular formula is C18H25NO6. The van der Waals surface area contributed by atoms with Crippen molar-refractivity contribution in [3.63, 3.8) is 0 Å². The second-order valence-corrected chi connectivity index (χ2v) is 6.77. The molecule has 1 aliphatic rings. The van der Waals surface area contributed by atoms with Crippen LogP contribution in [-0.2, 0) is 16.2 Å². The third kappa shape index (κ3) is 5.42. The molecule has 138 valence electrons. The fourth-order valence-electron chi connectivity index (χ4n) is 2.84. The third-order valence-electron chi connectivity index (χ3n) is 4.49. The van der Waals surface area contributed by atoms with E-state index in [2.05, 4.69) is 5.32 Å². The van der Waals surface area contributed by atoms with Gasteiger partial charge in [0.05, 0.1) is 5.92 Å². The summed E-state index contributed by atoms with van der Waals surface area (Å²) in [6.07, 6.45) is 4.05. The Hall–Kier alpha value is -2.15. The lowest BCUT2D eigenvalue weighted by molar-refractivity contribution is -0.140. The molecule has 0 unspecified atom stereocenters. The molecule has 2 rings (SSSR count). The monoisotopic (exact) mass is 351 g/mol. The van der Waals surface area contributed by atoms with Crippen LogP contribution in [0.5, 0.6) is 5.75 Å². The van der Waals surface area contributed by atoms with E-state index in [4.69, 9.17) is 14.3 Å². The zero-order chi connectivity index (χ0) is 18.4. The number of aliphatic hydroxyl groups excluding tert-OH is 1. The van der Waals surface area contributed by atoms with Gasteiger partial charge in [0, 0.05) is 18.5 Å². The van der Waals surface area contributed by atoms with Gasteiger partial charge < -0.3 is 19.6 Å². The molecule has 0 atom stereocenters. The predicted octanol–water partition coefficient (Wildman–Crippen LogP) is 1.62. The van der Waals surface area contributed by atoms with Crippen molar-refractivity contribution in [3.8, 4) is 5.75 Å². The molecule has 2 N–H and O–H groups in total. The van der Waals surface area contributed by atoms with Crippen LogP contribution in [0.25, 0.3) is 0 Å². The maximum Gasteiger partial charge on any atom is 0.314 e. The highest BCUT2D eigenvalue weighted by atomic mass is 16.5. The molecule has 0 bridgehead atoms. The molecule has 1 aromatic heterocycles. The molecule has 0 saturated heterocycles. The summed E-state index contributed by atoms with van der Waals surface area (Å²) in [5.41, 5.74) is -0.492. The number of nitrogens with one attached hydrogen (secondary N) is 1. The normalized spacial score (nSPS) is 20.3. The summed E-state index contributed by atoms with van der Waals surface area (Å²) < 4.78 is 10.2. The van der Waals surface area contributed by atoms with E-state index in [0.29, 0.717) is 25.3 Å². The molecule has 1 heterocycles. The SMILES string of the molecule is CC(C)C(=O)NCC1CCC(C(=O)Oc2coc(CO)cc2=O)CC1. The number of hydrogen-bond acceptors (Lipinski definition) is 6. The molecular weight excluding hydrogens is 326 g/mol. The van der Waals surface area contributed by atoms with E-state index in [1.54, 1.807) is 0 Å². The second kappa shape index (κ2) is 8.80. The van der Waals surface area contributed by atoms with Crippen molar-refractivity contribution in [2.24, 2.45) is 17.8 Å². The van der Waals surface area contributed by atoms with E-state index in [9.17, 15) is 14.4 Å². The molecule has 0 aromatic carbocycles. The fourth-order valence-corrected chi connectivity index (χ4v) is 2.84. The van der Waals surface area contributed by atoms with E-state index in [-0.39, 0.29) is 35.9 Å². The van der Waals surface area contributed by atoms with Crippen molar-refractivity contribution < 1.29 is 23.8 Å². The number of ether oxygens (including phenoxy) is 1. The molecule has 7 heteroatoms. The summed E-state index contributed by atoms with van der Waals surface area (Å²) in [5, 5.41) is 11.8. The molecule has 0 spiro atoms. The third-order valence-corrected chi connectivity index (χ3v) is 4.49. The van der Waals surface area contributed by atoms with Gasteiger partial charge in [-0.1, -0.05) is 13.8 Å². The van der Waals surface area contributed by atoms with E-state index < -0.39 is 11.4 Å². The Labute approximate surface area is 146 Å². The van der Waals surface area contributed by atoms with Gasteiger partial charge in [0.1, 0.15) is 18.6 Å². The summed E-state index contributed by atoms with van der Waals surface area (Å²) in [7, 11) is 0. The van der Waals surface area contributed by atoms with Crippen molar-refractivity contribution in [1.82, 2.24) is 5.32 Å². The topological polar surface area (TPSA) is 106 Å². The summed E-state index contributed by atoms with van der Waals surface area (Å²) >= 11 is 0. The van der Waals surface area contributed by atoms with Crippen molar-refractivity contribution >= 4 is 11.9 Å².